The lowest BCUT2D eigenvalue weighted by molar-refractivity contribution is 0.00974. The molecule has 1 saturated heterocycles. The van der Waals surface area contributed by atoms with Crippen LogP contribution in [0.4, 0.5) is 16.3 Å². The molecule has 3 rings (SSSR count). The molecule has 24 heavy (non-hydrogen) atoms. The summed E-state index contributed by atoms with van der Waals surface area (Å²) in [5, 5.41) is 9.33. The zero-order valence-electron chi connectivity index (χ0n) is 14.1. The van der Waals surface area contributed by atoms with Gasteiger partial charge in [-0.2, -0.15) is 5.26 Å². The number of aromatic nitrogens is 1. The second-order valence-corrected chi connectivity index (χ2v) is 6.94. The quantitative estimate of drug-likeness (QED) is 0.765. The lowest BCUT2D eigenvalue weighted by atomic mass is 10.1. The van der Waals surface area contributed by atoms with Crippen molar-refractivity contribution in [2.75, 3.05) is 36.9 Å². The Labute approximate surface area is 140 Å². The minimum absolute atomic E-state index is 0.171. The fraction of sp³-hybridized carbons (Fsp3) is 0.562. The van der Waals surface area contributed by atoms with E-state index in [0.717, 1.165) is 0 Å². The van der Waals surface area contributed by atoms with E-state index in [1.807, 2.05) is 25.7 Å². The van der Waals surface area contributed by atoms with Crippen LogP contribution in [0.2, 0.25) is 0 Å². The highest BCUT2D eigenvalue weighted by Gasteiger charge is 2.38. The minimum Gasteiger partial charge on any atom is -0.486 e. The average Bonchev–Trinajstić information content (AvgIpc) is 2.63. The van der Waals surface area contributed by atoms with Gasteiger partial charge in [0.1, 0.15) is 23.8 Å². The number of hydrogen-bond acceptors (Lipinski definition) is 7. The van der Waals surface area contributed by atoms with Crippen LogP contribution in [0.15, 0.2) is 6.20 Å². The highest BCUT2D eigenvalue weighted by molar-refractivity contribution is 5.72. The molecule has 8 heteroatoms. The van der Waals surface area contributed by atoms with Crippen molar-refractivity contribution in [3.05, 3.63) is 11.8 Å². The Kier molecular flexibility index (Phi) is 3.87. The maximum Gasteiger partial charge on any atom is 0.410 e. The lowest BCUT2D eigenvalue weighted by Crippen LogP contribution is -2.57. The topological polar surface area (TPSA) is 105 Å². The molecule has 1 aromatic rings. The van der Waals surface area contributed by atoms with E-state index in [4.69, 9.17) is 15.2 Å². The minimum atomic E-state index is -0.549. The Morgan fingerprint density at radius 1 is 1.50 bits per heavy atom. The van der Waals surface area contributed by atoms with E-state index < -0.39 is 5.60 Å². The van der Waals surface area contributed by atoms with Gasteiger partial charge in [0.2, 0.25) is 0 Å². The molecule has 2 N–H and O–H groups in total. The number of nitrogens with two attached hydrogens (primary N) is 1. The summed E-state index contributed by atoms with van der Waals surface area (Å²) in [5.41, 5.74) is 5.85. The van der Waals surface area contributed by atoms with Crippen molar-refractivity contribution in [1.29, 1.82) is 5.26 Å². The summed E-state index contributed by atoms with van der Waals surface area (Å²) in [7, 11) is 0. The van der Waals surface area contributed by atoms with E-state index >= 15 is 0 Å². The standard InChI is InChI=1S/C16H21N5O3/c1-16(2,3)24-15(22)21-5-4-20-8-10(21)9-23-13-11(6-17)12(18)7-19-14(13)20/h7,10H,4-5,8-9,18H2,1-3H3/t10-/m1/s1. The predicted molar refractivity (Wildman–Crippen MR) is 87.8 cm³/mol. The van der Waals surface area contributed by atoms with Crippen molar-refractivity contribution >= 4 is 17.6 Å². The van der Waals surface area contributed by atoms with Gasteiger partial charge in [0.25, 0.3) is 0 Å². The summed E-state index contributed by atoms with van der Waals surface area (Å²) >= 11 is 0. The highest BCUT2D eigenvalue weighted by Crippen LogP contribution is 2.36. The van der Waals surface area contributed by atoms with Gasteiger partial charge in [0.05, 0.1) is 17.9 Å². The van der Waals surface area contributed by atoms with Crippen LogP contribution in [0.25, 0.3) is 0 Å². The summed E-state index contributed by atoms with van der Waals surface area (Å²) in [4.78, 5) is 20.5. The van der Waals surface area contributed by atoms with E-state index in [1.165, 1.54) is 6.20 Å². The van der Waals surface area contributed by atoms with E-state index in [2.05, 4.69) is 11.1 Å². The van der Waals surface area contributed by atoms with Gasteiger partial charge in [0, 0.05) is 19.6 Å². The Bertz CT molecular complexity index is 707. The average molecular weight is 331 g/mol. The fourth-order valence-electron chi connectivity index (χ4n) is 2.90. The van der Waals surface area contributed by atoms with Crippen molar-refractivity contribution in [2.24, 2.45) is 0 Å². The number of nitrogens with zero attached hydrogens (tertiary/aromatic N) is 4. The summed E-state index contributed by atoms with van der Waals surface area (Å²) in [5.74, 6) is 0.998. The van der Waals surface area contributed by atoms with Gasteiger partial charge < -0.3 is 20.1 Å². The predicted octanol–water partition coefficient (Wildman–Crippen LogP) is 1.35. The molecule has 0 radical (unpaired) electrons. The third kappa shape index (κ3) is 2.89. The molecule has 1 fully saturated rings. The molecule has 0 aromatic carbocycles. The zero-order chi connectivity index (χ0) is 17.5. The maximum atomic E-state index is 12.4. The SMILES string of the molecule is CC(C)(C)OC(=O)N1CCN2C[C@@H]1COc1c2ncc(N)c1C#N. The second-order valence-electron chi connectivity index (χ2n) is 6.94. The largest absolute Gasteiger partial charge is 0.486 e. The summed E-state index contributed by atoms with van der Waals surface area (Å²) in [6.45, 7) is 7.46. The summed E-state index contributed by atoms with van der Waals surface area (Å²) < 4.78 is 11.3. The normalized spacial score (nSPS) is 19.7. The first-order chi connectivity index (χ1) is 11.3. The lowest BCUT2D eigenvalue weighted by Gasteiger charge is -2.39. The summed E-state index contributed by atoms with van der Waals surface area (Å²) in [6.07, 6.45) is 1.12. The van der Waals surface area contributed by atoms with Gasteiger partial charge in [-0.3, -0.25) is 4.90 Å². The smallest absolute Gasteiger partial charge is 0.410 e. The zero-order valence-corrected chi connectivity index (χ0v) is 14.1. The number of nitriles is 1. The van der Waals surface area contributed by atoms with Gasteiger partial charge in [-0.15, -0.1) is 0 Å². The van der Waals surface area contributed by atoms with Gasteiger partial charge in [-0.1, -0.05) is 0 Å². The third-order valence-electron chi connectivity index (χ3n) is 3.99. The number of hydrogen-bond donors (Lipinski definition) is 1. The van der Waals surface area contributed by atoms with Crippen LogP contribution in [0.1, 0.15) is 26.3 Å². The molecule has 0 spiro atoms. The number of amides is 1. The molecule has 2 aliphatic heterocycles. The van der Waals surface area contributed by atoms with Gasteiger partial charge in [-0.25, -0.2) is 9.78 Å². The van der Waals surface area contributed by atoms with Crippen molar-refractivity contribution in [1.82, 2.24) is 9.88 Å². The van der Waals surface area contributed by atoms with Crippen LogP contribution in [0.3, 0.4) is 0 Å². The molecular formula is C16H21N5O3. The van der Waals surface area contributed by atoms with E-state index in [0.29, 0.717) is 31.2 Å². The second kappa shape index (κ2) is 5.74. The number of carbonyl (C=O) groups is 1. The number of pyridine rings is 1. The number of anilines is 2. The molecule has 3 heterocycles. The van der Waals surface area contributed by atoms with E-state index in [9.17, 15) is 10.1 Å². The third-order valence-corrected chi connectivity index (χ3v) is 3.99. The van der Waals surface area contributed by atoms with Crippen LogP contribution in [0, 0.1) is 11.3 Å². The van der Waals surface area contributed by atoms with Crippen LogP contribution in [-0.2, 0) is 4.74 Å². The van der Waals surface area contributed by atoms with Crippen LogP contribution >= 0.6 is 0 Å². The van der Waals surface area contributed by atoms with Crippen LogP contribution < -0.4 is 15.4 Å². The Balaban J connectivity index is 1.86. The molecular weight excluding hydrogens is 310 g/mol. The molecule has 0 unspecified atom stereocenters. The molecule has 1 aromatic heterocycles. The number of ether oxygens (including phenoxy) is 2. The van der Waals surface area contributed by atoms with Crippen LogP contribution in [0.5, 0.6) is 5.75 Å². The van der Waals surface area contributed by atoms with Crippen molar-refractivity contribution in [3.63, 3.8) is 0 Å². The van der Waals surface area contributed by atoms with Crippen molar-refractivity contribution in [2.45, 2.75) is 32.4 Å². The van der Waals surface area contributed by atoms with Gasteiger partial charge in [-0.05, 0) is 20.8 Å². The van der Waals surface area contributed by atoms with Crippen LogP contribution in [-0.4, -0.2) is 53.9 Å². The molecule has 2 bridgehead atoms. The van der Waals surface area contributed by atoms with Crippen molar-refractivity contribution in [3.8, 4) is 11.8 Å². The fourth-order valence-corrected chi connectivity index (χ4v) is 2.90. The monoisotopic (exact) mass is 331 g/mol. The summed E-state index contributed by atoms with van der Waals surface area (Å²) in [6, 6.07) is 1.90. The van der Waals surface area contributed by atoms with Gasteiger partial charge >= 0.3 is 6.09 Å². The number of rotatable bonds is 0. The number of nitrogen functional groups attached to an aromatic ring is 1. The van der Waals surface area contributed by atoms with E-state index in [-0.39, 0.29) is 30.0 Å². The molecule has 0 aliphatic carbocycles. The first kappa shape index (κ1) is 16.2. The molecule has 128 valence electrons. The molecule has 8 nitrogen and oxygen atoms in total. The maximum absolute atomic E-state index is 12.4. The Morgan fingerprint density at radius 3 is 2.92 bits per heavy atom. The molecule has 1 amide bonds. The Hall–Kier alpha value is -2.69. The van der Waals surface area contributed by atoms with E-state index in [1.54, 1.807) is 4.90 Å². The molecule has 0 saturated carbocycles. The first-order valence-corrected chi connectivity index (χ1v) is 7.86. The van der Waals surface area contributed by atoms with Gasteiger partial charge in [0.15, 0.2) is 11.6 Å². The molecule has 2 aliphatic rings. The number of fused-ring (bicyclic) bond motifs is 4. The highest BCUT2D eigenvalue weighted by atomic mass is 16.6. The first-order valence-electron chi connectivity index (χ1n) is 7.86. The number of carbonyl (C=O) groups excluding carboxylic acids is 1. The molecule has 1 atom stereocenters. The Morgan fingerprint density at radius 2 is 2.25 bits per heavy atom. The number of piperazine rings is 1. The van der Waals surface area contributed by atoms with Crippen molar-refractivity contribution < 1.29 is 14.3 Å².